The summed E-state index contributed by atoms with van der Waals surface area (Å²) in [5.74, 6) is 2.19. The van der Waals surface area contributed by atoms with Crippen molar-refractivity contribution in [3.05, 3.63) is 51.4 Å². The molecule has 11 heteroatoms. The van der Waals surface area contributed by atoms with Crippen LogP contribution in [-0.2, 0) is 11.8 Å². The van der Waals surface area contributed by atoms with Crippen LogP contribution < -0.4 is 25.7 Å². The third-order valence-corrected chi connectivity index (χ3v) is 9.33. The number of nitrogens with zero attached hydrogens (tertiary/aromatic N) is 3. The van der Waals surface area contributed by atoms with Crippen molar-refractivity contribution < 1.29 is 14.3 Å². The number of aryl methyl sites for hydroxylation is 1. The molecule has 41 heavy (non-hydrogen) atoms. The summed E-state index contributed by atoms with van der Waals surface area (Å²) in [6, 6.07) is 3.13. The topological polar surface area (TPSA) is 107 Å². The molecule has 0 aliphatic heterocycles. The first-order chi connectivity index (χ1) is 19.7. The van der Waals surface area contributed by atoms with Gasteiger partial charge in [0, 0.05) is 42.3 Å². The smallest absolute Gasteiger partial charge is 0.259 e. The maximum atomic E-state index is 13.6. The number of hydrogen-bond acceptors (Lipinski definition) is 7. The fourth-order valence-corrected chi connectivity index (χ4v) is 7.12. The van der Waals surface area contributed by atoms with E-state index in [0.717, 1.165) is 25.2 Å². The van der Waals surface area contributed by atoms with Crippen LogP contribution in [0.15, 0.2) is 35.8 Å². The lowest BCUT2D eigenvalue weighted by molar-refractivity contribution is -0.117. The Morgan fingerprint density at radius 1 is 1.05 bits per heavy atom. The van der Waals surface area contributed by atoms with Gasteiger partial charge in [0.2, 0.25) is 11.9 Å². The van der Waals surface area contributed by atoms with Crippen LogP contribution in [0.4, 0.5) is 5.95 Å². The number of aromatic nitrogens is 3. The van der Waals surface area contributed by atoms with Gasteiger partial charge in [0.25, 0.3) is 5.56 Å². The number of halogens is 2. The second kappa shape index (κ2) is 12.3. The van der Waals surface area contributed by atoms with Gasteiger partial charge in [0.1, 0.15) is 17.1 Å². The first-order valence-electron chi connectivity index (χ1n) is 13.9. The Balaban J connectivity index is 1.50. The first-order valence-corrected chi connectivity index (χ1v) is 14.7. The lowest BCUT2D eigenvalue weighted by atomic mass is 9.75. The lowest BCUT2D eigenvalue weighted by Crippen LogP contribution is -2.50. The molecule has 3 aromatic rings. The number of amides is 1. The van der Waals surface area contributed by atoms with Gasteiger partial charge in [0.05, 0.1) is 29.8 Å². The molecule has 3 atom stereocenters. The monoisotopic (exact) mass is 599 g/mol. The maximum Gasteiger partial charge on any atom is 0.259 e. The molecule has 2 saturated carbocycles. The number of ether oxygens (including phenoxy) is 2. The summed E-state index contributed by atoms with van der Waals surface area (Å²) in [5, 5.41) is 7.61. The van der Waals surface area contributed by atoms with Crippen LogP contribution in [0.5, 0.6) is 11.5 Å². The van der Waals surface area contributed by atoms with Crippen molar-refractivity contribution in [1.29, 1.82) is 0 Å². The van der Waals surface area contributed by atoms with Gasteiger partial charge >= 0.3 is 0 Å². The normalized spacial score (nSPS) is 21.0. The number of fused-ring (bicyclic) bond motifs is 1. The number of nitrogens with one attached hydrogen (secondary N) is 2. The fourth-order valence-electron chi connectivity index (χ4n) is 6.42. The molecule has 0 spiro atoms. The van der Waals surface area contributed by atoms with Gasteiger partial charge in [-0.3, -0.25) is 14.2 Å². The second-order valence-electron chi connectivity index (χ2n) is 10.9. The van der Waals surface area contributed by atoms with Gasteiger partial charge in [-0.2, -0.15) is 4.98 Å². The molecular weight excluding hydrogens is 565 g/mol. The predicted octanol–water partition coefficient (Wildman–Crippen LogP) is 5.76. The van der Waals surface area contributed by atoms with E-state index in [9.17, 15) is 9.59 Å². The second-order valence-corrected chi connectivity index (χ2v) is 11.6. The van der Waals surface area contributed by atoms with Crippen molar-refractivity contribution in [2.45, 2.75) is 57.0 Å². The van der Waals surface area contributed by atoms with Crippen LogP contribution in [0, 0.1) is 11.8 Å². The number of pyridine rings is 1. The van der Waals surface area contributed by atoms with E-state index in [4.69, 9.17) is 37.7 Å². The zero-order valence-electron chi connectivity index (χ0n) is 23.5. The van der Waals surface area contributed by atoms with E-state index in [2.05, 4.69) is 22.2 Å². The highest BCUT2D eigenvalue weighted by Gasteiger charge is 2.36. The largest absolute Gasteiger partial charge is 0.495 e. The highest BCUT2D eigenvalue weighted by molar-refractivity contribution is 6.41. The molecular formula is C30H35Cl2N5O4. The van der Waals surface area contributed by atoms with Crippen molar-refractivity contribution >= 4 is 46.1 Å². The van der Waals surface area contributed by atoms with Crippen molar-refractivity contribution in [1.82, 2.24) is 19.9 Å². The summed E-state index contributed by atoms with van der Waals surface area (Å²) < 4.78 is 12.2. The van der Waals surface area contributed by atoms with Crippen molar-refractivity contribution in [3.63, 3.8) is 0 Å². The summed E-state index contributed by atoms with van der Waals surface area (Å²) in [7, 11) is 4.61. The molecule has 0 radical (unpaired) electrons. The Kier molecular flexibility index (Phi) is 8.75. The number of anilines is 1. The van der Waals surface area contributed by atoms with Crippen LogP contribution >= 0.6 is 23.2 Å². The Bertz CT molecular complexity index is 1510. The molecule has 2 heterocycles. The molecule has 1 amide bonds. The average Bonchev–Trinajstić information content (AvgIpc) is 3.52. The van der Waals surface area contributed by atoms with Crippen molar-refractivity contribution in [3.8, 4) is 22.6 Å². The predicted molar refractivity (Wildman–Crippen MR) is 162 cm³/mol. The number of carbonyl (C=O) groups is 1. The van der Waals surface area contributed by atoms with E-state index >= 15 is 0 Å². The molecule has 2 fully saturated rings. The number of carbonyl (C=O) groups excluding carboxylic acids is 1. The Morgan fingerprint density at radius 2 is 1.73 bits per heavy atom. The van der Waals surface area contributed by atoms with Crippen LogP contribution in [0.2, 0.25) is 10.0 Å². The molecule has 218 valence electrons. The molecule has 0 bridgehead atoms. The molecule has 0 saturated heterocycles. The van der Waals surface area contributed by atoms with Gasteiger partial charge in [-0.15, -0.1) is 0 Å². The SMILES string of the molecule is C=CC(=O)N[C@H]1CCC(C2CCCC2)C[C@H]1Nc1ncc2cc(-c3c(Cl)c(OC)cc(OC)c3Cl)c(=O)n(C)c2n1. The number of methoxy groups -OCH3 is 2. The highest BCUT2D eigenvalue weighted by atomic mass is 35.5. The zero-order chi connectivity index (χ0) is 29.3. The minimum absolute atomic E-state index is 0.0473. The van der Waals surface area contributed by atoms with Gasteiger partial charge in [0.15, 0.2) is 0 Å². The summed E-state index contributed by atoms with van der Waals surface area (Å²) in [6.07, 6.45) is 11.0. The average molecular weight is 601 g/mol. The van der Waals surface area contributed by atoms with E-state index in [1.165, 1.54) is 50.5 Å². The summed E-state index contributed by atoms with van der Waals surface area (Å²) in [5.41, 5.74) is 0.704. The number of benzene rings is 1. The van der Waals surface area contributed by atoms with E-state index < -0.39 is 0 Å². The van der Waals surface area contributed by atoms with Gasteiger partial charge in [-0.05, 0) is 43.2 Å². The molecule has 1 unspecified atom stereocenters. The maximum absolute atomic E-state index is 13.6. The summed E-state index contributed by atoms with van der Waals surface area (Å²) in [6.45, 7) is 3.60. The standard InChI is InChI=1S/C30H35Cl2N5O4/c1-5-24(38)34-20-11-10-17(16-8-6-7-9-16)13-21(20)35-30-33-15-18-12-19(29(39)37(2)28(18)36-30)25-26(31)22(40-3)14-23(41-4)27(25)32/h5,12,14-17,20-21H,1,6-11,13H2,2-4H3,(H,34,38)(H,33,35,36)/t17?,20-,21+/m0/s1. The molecule has 2 aromatic heterocycles. The van der Waals surface area contributed by atoms with Crippen LogP contribution in [0.3, 0.4) is 0 Å². The molecule has 5 rings (SSSR count). The Hall–Kier alpha value is -3.30. The minimum atomic E-state index is -0.337. The van der Waals surface area contributed by atoms with E-state index in [-0.39, 0.29) is 39.2 Å². The first kappa shape index (κ1) is 29.2. The Morgan fingerprint density at radius 3 is 2.37 bits per heavy atom. The lowest BCUT2D eigenvalue weighted by Gasteiger charge is -2.39. The molecule has 2 N–H and O–H groups in total. The third-order valence-electron chi connectivity index (χ3n) is 8.58. The van der Waals surface area contributed by atoms with Gasteiger partial charge in [-0.25, -0.2) is 4.98 Å². The van der Waals surface area contributed by atoms with Gasteiger partial charge in [-0.1, -0.05) is 55.5 Å². The molecule has 2 aliphatic rings. The number of hydrogen-bond donors (Lipinski definition) is 2. The highest BCUT2D eigenvalue weighted by Crippen LogP contribution is 2.45. The minimum Gasteiger partial charge on any atom is -0.495 e. The zero-order valence-corrected chi connectivity index (χ0v) is 25.0. The fraction of sp³-hybridized carbons (Fsp3) is 0.467. The van der Waals surface area contributed by atoms with Crippen LogP contribution in [0.25, 0.3) is 22.2 Å². The molecule has 9 nitrogen and oxygen atoms in total. The number of rotatable bonds is 8. The van der Waals surface area contributed by atoms with E-state index in [1.54, 1.807) is 25.4 Å². The van der Waals surface area contributed by atoms with E-state index in [0.29, 0.717) is 40.0 Å². The molecule has 1 aromatic carbocycles. The van der Waals surface area contributed by atoms with Gasteiger partial charge < -0.3 is 20.1 Å². The van der Waals surface area contributed by atoms with Crippen molar-refractivity contribution in [2.24, 2.45) is 18.9 Å². The van der Waals surface area contributed by atoms with Crippen LogP contribution in [0.1, 0.15) is 44.9 Å². The molecule has 2 aliphatic carbocycles. The van der Waals surface area contributed by atoms with Crippen molar-refractivity contribution in [2.75, 3.05) is 19.5 Å². The summed E-state index contributed by atoms with van der Waals surface area (Å²) >= 11 is 13.2. The van der Waals surface area contributed by atoms with Crippen LogP contribution in [-0.4, -0.2) is 46.7 Å². The Labute approximate surface area is 249 Å². The third kappa shape index (κ3) is 5.75. The summed E-state index contributed by atoms with van der Waals surface area (Å²) in [4.78, 5) is 35.1. The quantitative estimate of drug-likeness (QED) is 0.317. The van der Waals surface area contributed by atoms with E-state index in [1.807, 2.05) is 0 Å².